The summed E-state index contributed by atoms with van der Waals surface area (Å²) in [5, 5.41) is 13.9. The Morgan fingerprint density at radius 1 is 1.00 bits per heavy atom. The number of amides is 1. The molecule has 0 aliphatic heterocycles. The molecule has 1 aliphatic carbocycles. The molecule has 0 unspecified atom stereocenters. The smallest absolute Gasteiger partial charge is 0.338 e. The van der Waals surface area contributed by atoms with Crippen molar-refractivity contribution >= 4 is 29.3 Å². The second-order valence-corrected chi connectivity index (χ2v) is 8.04. The molecule has 174 valence electrons. The molecular formula is C26H24N2O6. The summed E-state index contributed by atoms with van der Waals surface area (Å²) in [5.74, 6) is -0.0229. The third-order valence-corrected chi connectivity index (χ3v) is 5.61. The Morgan fingerprint density at radius 3 is 2.47 bits per heavy atom. The molecule has 1 saturated carbocycles. The first-order chi connectivity index (χ1) is 16.5. The molecule has 1 fully saturated rings. The van der Waals surface area contributed by atoms with Crippen LogP contribution in [0.5, 0.6) is 0 Å². The van der Waals surface area contributed by atoms with Crippen molar-refractivity contribution in [2.75, 3.05) is 5.32 Å². The predicted octanol–water partition coefficient (Wildman–Crippen LogP) is 6.00. The number of rotatable bonds is 7. The van der Waals surface area contributed by atoms with E-state index in [1.54, 1.807) is 54.6 Å². The molecule has 8 heteroatoms. The summed E-state index contributed by atoms with van der Waals surface area (Å²) in [7, 11) is 0. The number of carbonyl (C=O) groups is 2. The van der Waals surface area contributed by atoms with Gasteiger partial charge in [0.05, 0.1) is 16.1 Å². The molecule has 1 aliphatic rings. The lowest BCUT2D eigenvalue weighted by Crippen LogP contribution is -2.20. The first-order valence-corrected chi connectivity index (χ1v) is 11.1. The number of ether oxygens (including phenoxy) is 1. The maximum atomic E-state index is 12.3. The number of nitro groups is 1. The zero-order valence-corrected chi connectivity index (χ0v) is 18.4. The molecule has 1 aromatic heterocycles. The summed E-state index contributed by atoms with van der Waals surface area (Å²) in [4.78, 5) is 35.3. The fraction of sp³-hybridized carbons (Fsp3) is 0.231. The minimum Gasteiger partial charge on any atom is -0.459 e. The van der Waals surface area contributed by atoms with Crippen molar-refractivity contribution in [3.8, 4) is 11.3 Å². The molecule has 2 aromatic carbocycles. The maximum absolute atomic E-state index is 12.3. The van der Waals surface area contributed by atoms with E-state index in [0.29, 0.717) is 28.3 Å². The highest BCUT2D eigenvalue weighted by Gasteiger charge is 2.19. The predicted molar refractivity (Wildman–Crippen MR) is 127 cm³/mol. The third-order valence-electron chi connectivity index (χ3n) is 5.61. The van der Waals surface area contributed by atoms with Gasteiger partial charge in [0.2, 0.25) is 5.91 Å². The molecule has 8 nitrogen and oxygen atoms in total. The molecule has 0 spiro atoms. The Kier molecular flexibility index (Phi) is 7.17. The molecule has 3 aromatic rings. The Bertz CT molecular complexity index is 1210. The normalized spacial score (nSPS) is 14.1. The summed E-state index contributed by atoms with van der Waals surface area (Å²) >= 11 is 0. The van der Waals surface area contributed by atoms with E-state index in [1.807, 2.05) is 0 Å². The molecule has 0 atom stereocenters. The van der Waals surface area contributed by atoms with Crippen LogP contribution in [0, 0.1) is 10.1 Å². The fourth-order valence-electron chi connectivity index (χ4n) is 3.86. The third kappa shape index (κ3) is 5.78. The molecule has 1 N–H and O–H groups in total. The second-order valence-electron chi connectivity index (χ2n) is 8.04. The highest BCUT2D eigenvalue weighted by molar-refractivity contribution is 6.02. The van der Waals surface area contributed by atoms with E-state index in [9.17, 15) is 19.7 Å². The molecular weight excluding hydrogens is 436 g/mol. The number of esters is 1. The van der Waals surface area contributed by atoms with E-state index in [1.165, 1.54) is 24.6 Å². The summed E-state index contributed by atoms with van der Waals surface area (Å²) in [6, 6.07) is 16.1. The van der Waals surface area contributed by atoms with Crippen LogP contribution in [-0.2, 0) is 9.53 Å². The zero-order valence-electron chi connectivity index (χ0n) is 18.4. The van der Waals surface area contributed by atoms with E-state index in [2.05, 4.69) is 5.32 Å². The molecule has 34 heavy (non-hydrogen) atoms. The molecule has 1 heterocycles. The minimum atomic E-state index is -0.470. The van der Waals surface area contributed by atoms with Crippen molar-refractivity contribution in [2.45, 2.75) is 38.2 Å². The van der Waals surface area contributed by atoms with E-state index >= 15 is 0 Å². The van der Waals surface area contributed by atoms with Gasteiger partial charge in [0.25, 0.3) is 5.69 Å². The Balaban J connectivity index is 1.34. The number of nitro benzene ring substituents is 1. The van der Waals surface area contributed by atoms with Crippen LogP contribution in [0.3, 0.4) is 0 Å². The van der Waals surface area contributed by atoms with Gasteiger partial charge < -0.3 is 14.5 Å². The van der Waals surface area contributed by atoms with Crippen LogP contribution in [-0.4, -0.2) is 22.9 Å². The van der Waals surface area contributed by atoms with Crippen LogP contribution in [0.25, 0.3) is 17.4 Å². The first kappa shape index (κ1) is 23.0. The lowest BCUT2D eigenvalue weighted by Gasteiger charge is -2.21. The standard InChI is InChI=1S/C26H24N2O6/c29-25(17-15-21-14-16-24(33-21)22-8-4-5-9-23(22)28(31)32)27-19-12-10-18(11-13-19)26(30)34-20-6-2-1-3-7-20/h4-5,8-17,20H,1-3,6-7H2,(H,27,29)/b17-15+. The number of hydrogen-bond acceptors (Lipinski definition) is 6. The molecule has 4 rings (SSSR count). The van der Waals surface area contributed by atoms with Crippen molar-refractivity contribution in [3.05, 3.63) is 88.2 Å². The fourth-order valence-corrected chi connectivity index (χ4v) is 3.86. The SMILES string of the molecule is O=C(/C=C/c1ccc(-c2ccccc2[N+](=O)[O-])o1)Nc1ccc(C(=O)OC2CCCCC2)cc1. The van der Waals surface area contributed by atoms with Gasteiger partial charge in [0, 0.05) is 17.8 Å². The van der Waals surface area contributed by atoms with E-state index < -0.39 is 4.92 Å². The highest BCUT2D eigenvalue weighted by atomic mass is 16.6. The van der Waals surface area contributed by atoms with Crippen LogP contribution in [0.4, 0.5) is 11.4 Å². The van der Waals surface area contributed by atoms with Crippen LogP contribution in [0.15, 0.2) is 71.2 Å². The van der Waals surface area contributed by atoms with Gasteiger partial charge in [-0.2, -0.15) is 0 Å². The Morgan fingerprint density at radius 2 is 1.74 bits per heavy atom. The number of benzene rings is 2. The summed E-state index contributed by atoms with van der Waals surface area (Å²) in [6.45, 7) is 0. The van der Waals surface area contributed by atoms with Gasteiger partial charge in [-0.05, 0) is 74.2 Å². The number of carbonyl (C=O) groups excluding carboxylic acids is 2. The van der Waals surface area contributed by atoms with Crippen molar-refractivity contribution in [1.82, 2.24) is 0 Å². The van der Waals surface area contributed by atoms with Gasteiger partial charge in [-0.1, -0.05) is 18.6 Å². The number of nitrogens with zero attached hydrogens (tertiary/aromatic N) is 1. The van der Waals surface area contributed by atoms with Crippen molar-refractivity contribution < 1.29 is 23.7 Å². The molecule has 0 saturated heterocycles. The highest BCUT2D eigenvalue weighted by Crippen LogP contribution is 2.31. The Hall–Kier alpha value is -4.20. The number of nitrogens with one attached hydrogen (secondary N) is 1. The second kappa shape index (κ2) is 10.6. The van der Waals surface area contributed by atoms with Crippen LogP contribution in [0.1, 0.15) is 48.2 Å². The monoisotopic (exact) mass is 460 g/mol. The van der Waals surface area contributed by atoms with Gasteiger partial charge in [-0.25, -0.2) is 4.79 Å². The van der Waals surface area contributed by atoms with Crippen LogP contribution < -0.4 is 5.32 Å². The summed E-state index contributed by atoms with van der Waals surface area (Å²) < 4.78 is 11.2. The molecule has 1 amide bonds. The number of hydrogen-bond donors (Lipinski definition) is 1. The van der Waals surface area contributed by atoms with Gasteiger partial charge >= 0.3 is 5.97 Å². The number of furan rings is 1. The summed E-state index contributed by atoms with van der Waals surface area (Å²) in [6.07, 6.45) is 7.94. The average Bonchev–Trinajstić information content (AvgIpc) is 3.33. The van der Waals surface area contributed by atoms with E-state index in [4.69, 9.17) is 9.15 Å². The zero-order chi connectivity index (χ0) is 23.9. The number of anilines is 1. The lowest BCUT2D eigenvalue weighted by molar-refractivity contribution is -0.384. The first-order valence-electron chi connectivity index (χ1n) is 11.1. The van der Waals surface area contributed by atoms with Crippen molar-refractivity contribution in [2.24, 2.45) is 0 Å². The maximum Gasteiger partial charge on any atom is 0.338 e. The molecule has 0 bridgehead atoms. The lowest BCUT2D eigenvalue weighted by atomic mass is 9.98. The van der Waals surface area contributed by atoms with Crippen molar-refractivity contribution in [1.29, 1.82) is 0 Å². The van der Waals surface area contributed by atoms with Gasteiger partial charge in [-0.15, -0.1) is 0 Å². The van der Waals surface area contributed by atoms with E-state index in [-0.39, 0.29) is 23.7 Å². The minimum absolute atomic E-state index is 0.0130. The molecule has 0 radical (unpaired) electrons. The largest absolute Gasteiger partial charge is 0.459 e. The van der Waals surface area contributed by atoms with Gasteiger partial charge in [0.15, 0.2) is 0 Å². The Labute approximate surface area is 196 Å². The number of para-hydroxylation sites is 1. The average molecular weight is 460 g/mol. The quantitative estimate of drug-likeness (QED) is 0.200. The van der Waals surface area contributed by atoms with E-state index in [0.717, 1.165) is 25.7 Å². The summed E-state index contributed by atoms with van der Waals surface area (Å²) in [5.41, 5.74) is 1.27. The van der Waals surface area contributed by atoms with Gasteiger partial charge in [-0.3, -0.25) is 14.9 Å². The topological polar surface area (TPSA) is 112 Å². The van der Waals surface area contributed by atoms with Crippen LogP contribution >= 0.6 is 0 Å². The van der Waals surface area contributed by atoms with Crippen LogP contribution in [0.2, 0.25) is 0 Å². The van der Waals surface area contributed by atoms with Crippen molar-refractivity contribution in [3.63, 3.8) is 0 Å². The van der Waals surface area contributed by atoms with Gasteiger partial charge in [0.1, 0.15) is 17.6 Å².